The highest BCUT2D eigenvalue weighted by Gasteiger charge is 2.15. The lowest BCUT2D eigenvalue weighted by atomic mass is 9.96. The van der Waals surface area contributed by atoms with Crippen molar-refractivity contribution < 1.29 is 8.78 Å². The molecule has 1 nitrogen and oxygen atoms in total. The summed E-state index contributed by atoms with van der Waals surface area (Å²) in [6.45, 7) is 3.74. The molecule has 1 unspecified atom stereocenters. The highest BCUT2D eigenvalue weighted by Crippen LogP contribution is 2.22. The van der Waals surface area contributed by atoms with Crippen LogP contribution in [0.3, 0.4) is 0 Å². The number of nitrogens with two attached hydrogens (primary N) is 1. The summed E-state index contributed by atoms with van der Waals surface area (Å²) >= 11 is 0. The highest BCUT2D eigenvalue weighted by molar-refractivity contribution is 5.85. The van der Waals surface area contributed by atoms with E-state index in [1.54, 1.807) is 0 Å². The van der Waals surface area contributed by atoms with E-state index in [1.807, 2.05) is 13.8 Å². The van der Waals surface area contributed by atoms with Crippen LogP contribution in [0.5, 0.6) is 0 Å². The first-order valence-corrected chi connectivity index (χ1v) is 4.23. The van der Waals surface area contributed by atoms with Crippen molar-refractivity contribution in [3.8, 4) is 0 Å². The molecule has 0 aliphatic carbocycles. The monoisotopic (exact) mass is 221 g/mol. The molecule has 1 aromatic carbocycles. The molecular weight excluding hydrogens is 208 g/mol. The Morgan fingerprint density at radius 2 is 1.79 bits per heavy atom. The van der Waals surface area contributed by atoms with Gasteiger partial charge in [-0.15, -0.1) is 12.4 Å². The first-order chi connectivity index (χ1) is 6.02. The van der Waals surface area contributed by atoms with Gasteiger partial charge in [0.1, 0.15) is 11.6 Å². The summed E-state index contributed by atoms with van der Waals surface area (Å²) in [5.74, 6) is -0.800. The second-order valence-electron chi connectivity index (χ2n) is 3.44. The minimum absolute atomic E-state index is 0. The van der Waals surface area contributed by atoms with Crippen LogP contribution in [0, 0.1) is 17.6 Å². The van der Waals surface area contributed by atoms with Gasteiger partial charge in [0.15, 0.2) is 0 Å². The zero-order chi connectivity index (χ0) is 10.0. The fraction of sp³-hybridized carbons (Fsp3) is 0.400. The molecule has 1 atom stereocenters. The molecule has 0 saturated carbocycles. The zero-order valence-corrected chi connectivity index (χ0v) is 8.94. The molecule has 80 valence electrons. The fourth-order valence-electron chi connectivity index (χ4n) is 1.13. The maximum atomic E-state index is 13.1. The van der Waals surface area contributed by atoms with E-state index in [-0.39, 0.29) is 23.9 Å². The number of benzene rings is 1. The predicted octanol–water partition coefficient (Wildman–Crippen LogP) is 3.04. The van der Waals surface area contributed by atoms with Gasteiger partial charge in [-0.3, -0.25) is 0 Å². The second kappa shape index (κ2) is 5.27. The lowest BCUT2D eigenvalue weighted by Crippen LogP contribution is -2.18. The van der Waals surface area contributed by atoms with Gasteiger partial charge in [-0.25, -0.2) is 8.78 Å². The molecular formula is C10H14ClF2N. The minimum atomic E-state index is -0.451. The van der Waals surface area contributed by atoms with Gasteiger partial charge in [-0.05, 0) is 24.1 Å². The topological polar surface area (TPSA) is 26.0 Å². The number of hydrogen-bond donors (Lipinski definition) is 1. The molecule has 0 aliphatic heterocycles. The lowest BCUT2D eigenvalue weighted by molar-refractivity contribution is 0.479. The Morgan fingerprint density at radius 3 is 2.29 bits per heavy atom. The molecule has 0 amide bonds. The summed E-state index contributed by atoms with van der Waals surface area (Å²) in [5.41, 5.74) is 5.95. The van der Waals surface area contributed by atoms with E-state index in [1.165, 1.54) is 0 Å². The standard InChI is InChI=1S/C10H13F2N.ClH/c1-6(2)10(13)8-5-7(11)3-4-9(8)12;/h3-6,10H,13H2,1-2H3;1H. The van der Waals surface area contributed by atoms with Crippen LogP contribution < -0.4 is 5.73 Å². The average molecular weight is 222 g/mol. The SMILES string of the molecule is CC(C)C(N)c1cc(F)ccc1F.Cl. The third-order valence-corrected chi connectivity index (χ3v) is 2.04. The van der Waals surface area contributed by atoms with Crippen LogP contribution >= 0.6 is 12.4 Å². The normalized spacial score (nSPS) is 12.4. The molecule has 1 aromatic rings. The Kier molecular flexibility index (Phi) is 5.02. The van der Waals surface area contributed by atoms with Gasteiger partial charge in [-0.1, -0.05) is 13.8 Å². The molecule has 0 heterocycles. The summed E-state index contributed by atoms with van der Waals surface area (Å²) in [5, 5.41) is 0. The molecule has 1 rings (SSSR count). The molecule has 14 heavy (non-hydrogen) atoms. The third-order valence-electron chi connectivity index (χ3n) is 2.04. The number of halogens is 3. The Morgan fingerprint density at radius 1 is 1.21 bits per heavy atom. The van der Waals surface area contributed by atoms with Crippen LogP contribution in [0.15, 0.2) is 18.2 Å². The van der Waals surface area contributed by atoms with Crippen LogP contribution in [0.4, 0.5) is 8.78 Å². The molecule has 0 radical (unpaired) electrons. The van der Waals surface area contributed by atoms with E-state index in [4.69, 9.17) is 5.73 Å². The van der Waals surface area contributed by atoms with Gasteiger partial charge in [-0.2, -0.15) is 0 Å². The molecule has 0 aromatic heterocycles. The van der Waals surface area contributed by atoms with Gasteiger partial charge in [0.2, 0.25) is 0 Å². The third kappa shape index (κ3) is 2.93. The van der Waals surface area contributed by atoms with Crippen LogP contribution in [0.2, 0.25) is 0 Å². The molecule has 0 aliphatic rings. The molecule has 0 spiro atoms. The largest absolute Gasteiger partial charge is 0.324 e. The van der Waals surface area contributed by atoms with E-state index >= 15 is 0 Å². The number of rotatable bonds is 2. The summed E-state index contributed by atoms with van der Waals surface area (Å²) in [6.07, 6.45) is 0. The van der Waals surface area contributed by atoms with Gasteiger partial charge in [0.25, 0.3) is 0 Å². The van der Waals surface area contributed by atoms with Crippen LogP contribution in [0.25, 0.3) is 0 Å². The first-order valence-electron chi connectivity index (χ1n) is 4.23. The van der Waals surface area contributed by atoms with Gasteiger partial charge in [0, 0.05) is 11.6 Å². The van der Waals surface area contributed by atoms with E-state index in [2.05, 4.69) is 0 Å². The fourth-order valence-corrected chi connectivity index (χ4v) is 1.13. The summed E-state index contributed by atoms with van der Waals surface area (Å²) < 4.78 is 25.9. The van der Waals surface area contributed by atoms with Gasteiger partial charge < -0.3 is 5.73 Å². The summed E-state index contributed by atoms with van der Waals surface area (Å²) in [4.78, 5) is 0. The van der Waals surface area contributed by atoms with Crippen LogP contribution in [-0.2, 0) is 0 Å². The van der Waals surface area contributed by atoms with Crippen molar-refractivity contribution in [2.24, 2.45) is 11.7 Å². The molecule has 4 heteroatoms. The van der Waals surface area contributed by atoms with Crippen molar-refractivity contribution >= 4 is 12.4 Å². The average Bonchev–Trinajstić information content (AvgIpc) is 2.08. The Hall–Kier alpha value is -0.670. The van der Waals surface area contributed by atoms with Crippen LogP contribution in [-0.4, -0.2) is 0 Å². The lowest BCUT2D eigenvalue weighted by Gasteiger charge is -2.16. The second-order valence-corrected chi connectivity index (χ2v) is 3.44. The van der Waals surface area contributed by atoms with Gasteiger partial charge >= 0.3 is 0 Å². The Bertz CT molecular complexity index is 302. The van der Waals surface area contributed by atoms with Crippen molar-refractivity contribution in [1.29, 1.82) is 0 Å². The molecule has 0 bridgehead atoms. The van der Waals surface area contributed by atoms with Crippen molar-refractivity contribution in [2.45, 2.75) is 19.9 Å². The Labute approximate surface area is 88.7 Å². The zero-order valence-electron chi connectivity index (χ0n) is 8.13. The maximum Gasteiger partial charge on any atom is 0.128 e. The Balaban J connectivity index is 0.00000169. The van der Waals surface area contributed by atoms with Crippen molar-refractivity contribution in [2.75, 3.05) is 0 Å². The smallest absolute Gasteiger partial charge is 0.128 e. The first kappa shape index (κ1) is 13.3. The maximum absolute atomic E-state index is 13.1. The van der Waals surface area contributed by atoms with Crippen molar-refractivity contribution in [3.05, 3.63) is 35.4 Å². The van der Waals surface area contributed by atoms with Crippen LogP contribution in [0.1, 0.15) is 25.5 Å². The van der Waals surface area contributed by atoms with Crippen molar-refractivity contribution in [3.63, 3.8) is 0 Å². The van der Waals surface area contributed by atoms with E-state index in [0.29, 0.717) is 0 Å². The number of hydrogen-bond acceptors (Lipinski definition) is 1. The van der Waals surface area contributed by atoms with Gasteiger partial charge in [0.05, 0.1) is 0 Å². The molecule has 0 saturated heterocycles. The summed E-state index contributed by atoms with van der Waals surface area (Å²) in [7, 11) is 0. The van der Waals surface area contributed by atoms with E-state index in [0.717, 1.165) is 18.2 Å². The minimum Gasteiger partial charge on any atom is -0.324 e. The molecule has 2 N–H and O–H groups in total. The van der Waals surface area contributed by atoms with Crippen molar-refractivity contribution in [1.82, 2.24) is 0 Å². The molecule has 0 fully saturated rings. The van der Waals surface area contributed by atoms with E-state index in [9.17, 15) is 8.78 Å². The predicted molar refractivity (Wildman–Crippen MR) is 55.4 cm³/mol. The quantitative estimate of drug-likeness (QED) is 0.816. The highest BCUT2D eigenvalue weighted by atomic mass is 35.5. The summed E-state index contributed by atoms with van der Waals surface area (Å²) in [6, 6.07) is 2.90. The van der Waals surface area contributed by atoms with E-state index < -0.39 is 17.7 Å².